The van der Waals surface area contributed by atoms with Crippen molar-refractivity contribution in [3.63, 3.8) is 0 Å². The predicted octanol–water partition coefficient (Wildman–Crippen LogP) is 2.45. The van der Waals surface area contributed by atoms with Gasteiger partial charge in [0.15, 0.2) is 0 Å². The van der Waals surface area contributed by atoms with Crippen LogP contribution in [0, 0.1) is 6.92 Å². The molecule has 2 amide bonds. The fourth-order valence-electron chi connectivity index (χ4n) is 3.49. The molecule has 2 aromatic carbocycles. The third-order valence-electron chi connectivity index (χ3n) is 5.31. The average Bonchev–Trinajstić information content (AvgIpc) is 2.71. The van der Waals surface area contributed by atoms with Crippen LogP contribution >= 0.6 is 0 Å². The third-order valence-corrected chi connectivity index (χ3v) is 5.31. The van der Waals surface area contributed by atoms with Crippen molar-refractivity contribution in [3.05, 3.63) is 65.2 Å². The molecule has 1 aliphatic heterocycles. The molecule has 1 N–H and O–H groups in total. The van der Waals surface area contributed by atoms with E-state index in [1.165, 1.54) is 16.0 Å². The van der Waals surface area contributed by atoms with Crippen LogP contribution in [0.2, 0.25) is 0 Å². The molecule has 6 nitrogen and oxygen atoms in total. The lowest BCUT2D eigenvalue weighted by Gasteiger charge is -2.34. The van der Waals surface area contributed by atoms with Crippen molar-refractivity contribution in [2.45, 2.75) is 13.5 Å². The van der Waals surface area contributed by atoms with E-state index >= 15 is 0 Å². The van der Waals surface area contributed by atoms with Crippen molar-refractivity contribution >= 4 is 17.5 Å². The zero-order valence-electron chi connectivity index (χ0n) is 17.5. The number of amides is 2. The Morgan fingerprint density at radius 3 is 2.17 bits per heavy atom. The van der Waals surface area contributed by atoms with Crippen LogP contribution in [0.4, 0.5) is 5.69 Å². The number of anilines is 1. The van der Waals surface area contributed by atoms with E-state index < -0.39 is 0 Å². The molecule has 1 heterocycles. The van der Waals surface area contributed by atoms with E-state index in [4.69, 9.17) is 0 Å². The second kappa shape index (κ2) is 9.67. The first-order valence-corrected chi connectivity index (χ1v) is 10.0. The molecule has 0 unspecified atom stereocenters. The maximum atomic E-state index is 12.4. The first-order valence-electron chi connectivity index (χ1n) is 10.0. The van der Waals surface area contributed by atoms with E-state index in [0.717, 1.165) is 32.7 Å². The Morgan fingerprint density at radius 1 is 0.931 bits per heavy atom. The molecule has 0 spiro atoms. The highest BCUT2D eigenvalue weighted by Gasteiger charge is 2.19. The fraction of sp³-hybridized carbons (Fsp3) is 0.391. The number of benzene rings is 2. The van der Waals surface area contributed by atoms with Crippen molar-refractivity contribution in [2.24, 2.45) is 0 Å². The Hall–Kier alpha value is -2.70. The molecule has 6 heteroatoms. The Kier molecular flexibility index (Phi) is 7.01. The second-order valence-corrected chi connectivity index (χ2v) is 7.80. The van der Waals surface area contributed by atoms with Crippen LogP contribution in [-0.4, -0.2) is 73.3 Å². The highest BCUT2D eigenvalue weighted by molar-refractivity contribution is 5.96. The minimum atomic E-state index is -0.0496. The van der Waals surface area contributed by atoms with Crippen LogP contribution in [0.3, 0.4) is 0 Å². The molecule has 0 bridgehead atoms. The molecule has 0 atom stereocenters. The Balaban J connectivity index is 1.44. The minimum Gasteiger partial charge on any atom is -0.345 e. The SMILES string of the molecule is Cc1ccccc1CN1CCN(CC(=O)Nc2ccc(C(=O)N(C)C)cc2)CC1. The molecule has 1 saturated heterocycles. The lowest BCUT2D eigenvalue weighted by Crippen LogP contribution is -2.48. The van der Waals surface area contributed by atoms with Gasteiger partial charge >= 0.3 is 0 Å². The second-order valence-electron chi connectivity index (χ2n) is 7.80. The van der Waals surface area contributed by atoms with Crippen molar-refractivity contribution in [1.82, 2.24) is 14.7 Å². The summed E-state index contributed by atoms with van der Waals surface area (Å²) in [5, 5.41) is 2.92. The van der Waals surface area contributed by atoms with Crippen LogP contribution in [0.25, 0.3) is 0 Å². The van der Waals surface area contributed by atoms with Crippen LogP contribution < -0.4 is 5.32 Å². The molecule has 154 valence electrons. The number of hydrogen-bond donors (Lipinski definition) is 1. The number of nitrogens with one attached hydrogen (secondary N) is 1. The summed E-state index contributed by atoms with van der Waals surface area (Å²) in [6.45, 7) is 7.19. The lowest BCUT2D eigenvalue weighted by atomic mass is 10.1. The van der Waals surface area contributed by atoms with Crippen LogP contribution in [0.5, 0.6) is 0 Å². The molecule has 0 radical (unpaired) electrons. The van der Waals surface area contributed by atoms with Gasteiger partial charge in [-0.05, 0) is 42.3 Å². The maximum absolute atomic E-state index is 12.4. The van der Waals surface area contributed by atoms with Crippen LogP contribution in [0.1, 0.15) is 21.5 Å². The van der Waals surface area contributed by atoms with E-state index in [0.29, 0.717) is 17.8 Å². The standard InChI is InChI=1S/C23H30N4O2/c1-18-6-4-5-7-20(18)16-26-12-14-27(15-13-26)17-22(28)24-21-10-8-19(9-11-21)23(29)25(2)3/h4-11H,12-17H2,1-3H3,(H,24,28). The van der Waals surface area contributed by atoms with Gasteiger partial charge in [0.25, 0.3) is 5.91 Å². The molecule has 3 rings (SSSR count). The normalized spacial score (nSPS) is 15.1. The summed E-state index contributed by atoms with van der Waals surface area (Å²) in [5.74, 6) is -0.0736. The first kappa shape index (κ1) is 21.0. The summed E-state index contributed by atoms with van der Waals surface area (Å²) in [4.78, 5) is 30.5. The van der Waals surface area contributed by atoms with Crippen molar-refractivity contribution in [1.29, 1.82) is 0 Å². The van der Waals surface area contributed by atoms with Crippen LogP contribution in [0.15, 0.2) is 48.5 Å². The minimum absolute atomic E-state index is 0.0240. The summed E-state index contributed by atoms with van der Waals surface area (Å²) < 4.78 is 0. The number of rotatable bonds is 6. The van der Waals surface area contributed by atoms with Crippen molar-refractivity contribution in [2.75, 3.05) is 52.1 Å². The highest BCUT2D eigenvalue weighted by Crippen LogP contribution is 2.13. The van der Waals surface area contributed by atoms with Gasteiger partial charge in [-0.15, -0.1) is 0 Å². The van der Waals surface area contributed by atoms with E-state index in [2.05, 4.69) is 46.3 Å². The smallest absolute Gasteiger partial charge is 0.253 e. The molecule has 29 heavy (non-hydrogen) atoms. The summed E-state index contributed by atoms with van der Waals surface area (Å²) >= 11 is 0. The molecule has 2 aromatic rings. The number of carbonyl (C=O) groups is 2. The summed E-state index contributed by atoms with van der Waals surface area (Å²) in [6.07, 6.45) is 0. The monoisotopic (exact) mass is 394 g/mol. The maximum Gasteiger partial charge on any atom is 0.253 e. The molecule has 0 aromatic heterocycles. The van der Waals surface area contributed by atoms with Gasteiger partial charge in [-0.2, -0.15) is 0 Å². The quantitative estimate of drug-likeness (QED) is 0.818. The van der Waals surface area contributed by atoms with Gasteiger partial charge in [0.1, 0.15) is 0 Å². The Morgan fingerprint density at radius 2 is 1.55 bits per heavy atom. The summed E-state index contributed by atoms with van der Waals surface area (Å²) in [7, 11) is 3.44. The van der Waals surface area contributed by atoms with Gasteiger partial charge in [0.2, 0.25) is 5.91 Å². The predicted molar refractivity (Wildman–Crippen MR) is 116 cm³/mol. The van der Waals surface area contributed by atoms with Crippen LogP contribution in [-0.2, 0) is 11.3 Å². The number of piperazine rings is 1. The Bertz CT molecular complexity index is 840. The number of carbonyl (C=O) groups excluding carboxylic acids is 2. The van der Waals surface area contributed by atoms with Gasteiger partial charge in [0.05, 0.1) is 6.54 Å². The third kappa shape index (κ3) is 5.89. The van der Waals surface area contributed by atoms with E-state index in [1.54, 1.807) is 38.4 Å². The van der Waals surface area contributed by atoms with Gasteiger partial charge in [0, 0.05) is 58.1 Å². The lowest BCUT2D eigenvalue weighted by molar-refractivity contribution is -0.117. The van der Waals surface area contributed by atoms with E-state index in [9.17, 15) is 9.59 Å². The first-order chi connectivity index (χ1) is 13.9. The van der Waals surface area contributed by atoms with E-state index in [-0.39, 0.29) is 11.8 Å². The number of hydrogen-bond acceptors (Lipinski definition) is 4. The zero-order chi connectivity index (χ0) is 20.8. The molecular weight excluding hydrogens is 364 g/mol. The topological polar surface area (TPSA) is 55.9 Å². The highest BCUT2D eigenvalue weighted by atomic mass is 16.2. The molecule has 1 fully saturated rings. The average molecular weight is 395 g/mol. The van der Waals surface area contributed by atoms with Crippen molar-refractivity contribution < 1.29 is 9.59 Å². The number of aryl methyl sites for hydroxylation is 1. The zero-order valence-corrected chi connectivity index (χ0v) is 17.5. The summed E-state index contributed by atoms with van der Waals surface area (Å²) in [5.41, 5.74) is 4.02. The fourth-order valence-corrected chi connectivity index (χ4v) is 3.49. The molecular formula is C23H30N4O2. The molecule has 0 aliphatic carbocycles. The summed E-state index contributed by atoms with van der Waals surface area (Å²) in [6, 6.07) is 15.5. The largest absolute Gasteiger partial charge is 0.345 e. The number of nitrogens with zero attached hydrogens (tertiary/aromatic N) is 3. The van der Waals surface area contributed by atoms with Gasteiger partial charge in [-0.25, -0.2) is 0 Å². The van der Waals surface area contributed by atoms with Crippen molar-refractivity contribution in [3.8, 4) is 0 Å². The molecule has 0 saturated carbocycles. The van der Waals surface area contributed by atoms with Gasteiger partial charge in [-0.1, -0.05) is 24.3 Å². The Labute approximate surface area is 173 Å². The molecule has 1 aliphatic rings. The van der Waals surface area contributed by atoms with Gasteiger partial charge < -0.3 is 10.2 Å². The van der Waals surface area contributed by atoms with E-state index in [1.807, 2.05) is 0 Å². The van der Waals surface area contributed by atoms with Gasteiger partial charge in [-0.3, -0.25) is 19.4 Å².